The Kier molecular flexibility index (Phi) is 3.66. The average Bonchev–Trinajstić information content (AvgIpc) is 2.61. The van der Waals surface area contributed by atoms with Crippen LogP contribution in [-0.4, -0.2) is 0 Å². The van der Waals surface area contributed by atoms with Gasteiger partial charge in [-0.05, 0) is 41.7 Å². The van der Waals surface area contributed by atoms with Gasteiger partial charge in [-0.15, -0.1) is 0 Å². The van der Waals surface area contributed by atoms with E-state index in [-0.39, 0.29) is 11.8 Å². The number of nitrogens with zero attached hydrogens (tertiary/aromatic N) is 1. The van der Waals surface area contributed by atoms with Crippen LogP contribution in [-0.2, 0) is 11.2 Å². The minimum atomic E-state index is -0.139. The molecule has 0 spiro atoms. The number of aryl methyl sites for hydroxylation is 1. The van der Waals surface area contributed by atoms with Gasteiger partial charge in [0.2, 0.25) is 5.88 Å². The van der Waals surface area contributed by atoms with Crippen LogP contribution in [0.4, 0.5) is 0 Å². The summed E-state index contributed by atoms with van der Waals surface area (Å²) in [5, 5.41) is 9.63. The molecule has 4 rings (SSSR count). The van der Waals surface area contributed by atoms with E-state index in [1.807, 2.05) is 36.4 Å². The van der Waals surface area contributed by atoms with Crippen molar-refractivity contribution in [1.82, 2.24) is 0 Å². The molecule has 2 N–H and O–H groups in total. The summed E-state index contributed by atoms with van der Waals surface area (Å²) < 4.78 is 6.91. The number of rotatable bonds is 1. The van der Waals surface area contributed by atoms with Crippen molar-refractivity contribution in [3.63, 3.8) is 0 Å². The summed E-state index contributed by atoms with van der Waals surface area (Å²) >= 11 is 3.47. The molecular weight excluding hydrogens is 364 g/mol. The molecule has 1 aliphatic heterocycles. The zero-order valence-corrected chi connectivity index (χ0v) is 14.5. The molecule has 2 aromatic rings. The number of ether oxygens (including phenoxy) is 1. The summed E-state index contributed by atoms with van der Waals surface area (Å²) in [6.07, 6.45) is 1.82. The van der Waals surface area contributed by atoms with Crippen molar-refractivity contribution in [3.8, 4) is 6.07 Å². The summed E-state index contributed by atoms with van der Waals surface area (Å²) in [6.45, 7) is 0. The van der Waals surface area contributed by atoms with Crippen LogP contribution >= 0.6 is 15.9 Å². The first kappa shape index (κ1) is 15.0. The molecule has 2 aromatic carbocycles. The molecule has 1 aliphatic carbocycles. The predicted molar refractivity (Wildman–Crippen MR) is 96.5 cm³/mol. The van der Waals surface area contributed by atoms with Crippen molar-refractivity contribution < 1.29 is 4.74 Å². The average molecular weight is 379 g/mol. The van der Waals surface area contributed by atoms with Gasteiger partial charge in [-0.2, -0.15) is 5.26 Å². The number of halogens is 1. The van der Waals surface area contributed by atoms with Crippen molar-refractivity contribution in [2.24, 2.45) is 5.73 Å². The lowest BCUT2D eigenvalue weighted by Gasteiger charge is -2.33. The van der Waals surface area contributed by atoms with Crippen LogP contribution < -0.4 is 5.73 Å². The third-order valence-corrected chi connectivity index (χ3v) is 5.18. The number of fused-ring (bicyclic) bond motifs is 2. The van der Waals surface area contributed by atoms with Crippen molar-refractivity contribution in [1.29, 1.82) is 5.26 Å². The second kappa shape index (κ2) is 5.85. The molecule has 1 atom stereocenters. The minimum Gasteiger partial charge on any atom is -0.440 e. The number of nitrogens with two attached hydrogens (primary N) is 1. The first-order chi connectivity index (χ1) is 11.7. The molecule has 1 unspecified atom stereocenters. The molecule has 0 saturated carbocycles. The Morgan fingerprint density at radius 1 is 1.08 bits per heavy atom. The lowest BCUT2D eigenvalue weighted by molar-refractivity contribution is 0.350. The van der Waals surface area contributed by atoms with Crippen LogP contribution in [0.2, 0.25) is 0 Å². The van der Waals surface area contributed by atoms with E-state index in [0.29, 0.717) is 5.57 Å². The number of allylic oxidation sites excluding steroid dienone is 2. The molecule has 0 fully saturated rings. The van der Waals surface area contributed by atoms with E-state index < -0.39 is 0 Å². The molecular formula is C20H15BrN2O. The number of nitriles is 1. The van der Waals surface area contributed by atoms with Crippen molar-refractivity contribution in [2.75, 3.05) is 0 Å². The Labute approximate surface area is 149 Å². The van der Waals surface area contributed by atoms with Crippen molar-refractivity contribution in [3.05, 3.63) is 86.7 Å². The van der Waals surface area contributed by atoms with Crippen LogP contribution in [0.3, 0.4) is 0 Å². The molecule has 0 radical (unpaired) electrons. The second-order valence-corrected chi connectivity index (χ2v) is 6.90. The highest BCUT2D eigenvalue weighted by Gasteiger charge is 2.35. The monoisotopic (exact) mass is 378 g/mol. The van der Waals surface area contributed by atoms with E-state index in [0.717, 1.165) is 39.8 Å². The number of hydrogen-bond acceptors (Lipinski definition) is 3. The van der Waals surface area contributed by atoms with Crippen LogP contribution in [0.15, 0.2) is 70.0 Å². The Bertz CT molecular complexity index is 919. The maximum Gasteiger partial charge on any atom is 0.205 e. The van der Waals surface area contributed by atoms with Crippen LogP contribution in [0.25, 0.3) is 5.76 Å². The fourth-order valence-corrected chi connectivity index (χ4v) is 3.80. The first-order valence-electron chi connectivity index (χ1n) is 7.83. The lowest BCUT2D eigenvalue weighted by atomic mass is 9.77. The Balaban J connectivity index is 1.91. The minimum absolute atomic E-state index is 0.139. The fourth-order valence-electron chi connectivity index (χ4n) is 3.54. The van der Waals surface area contributed by atoms with Gasteiger partial charge < -0.3 is 10.5 Å². The van der Waals surface area contributed by atoms with Gasteiger partial charge in [-0.1, -0.05) is 52.3 Å². The van der Waals surface area contributed by atoms with Gasteiger partial charge in [0.15, 0.2) is 0 Å². The lowest BCUT2D eigenvalue weighted by Crippen LogP contribution is -2.23. The maximum atomic E-state index is 9.63. The second-order valence-electron chi connectivity index (χ2n) is 5.99. The SMILES string of the molecule is N#CC1=C(N)OC2=C(CCc3ccccc32)C1c1ccc(Br)cc1. The fraction of sp³-hybridized carbons (Fsp3) is 0.150. The van der Waals surface area contributed by atoms with Crippen molar-refractivity contribution >= 4 is 21.7 Å². The van der Waals surface area contributed by atoms with E-state index >= 15 is 0 Å². The zero-order chi connectivity index (χ0) is 16.7. The Morgan fingerprint density at radius 3 is 2.58 bits per heavy atom. The molecule has 4 heteroatoms. The summed E-state index contributed by atoms with van der Waals surface area (Å²) in [5.74, 6) is 0.891. The van der Waals surface area contributed by atoms with Gasteiger partial charge in [0.1, 0.15) is 17.4 Å². The van der Waals surface area contributed by atoms with E-state index in [1.165, 1.54) is 5.56 Å². The summed E-state index contributed by atoms with van der Waals surface area (Å²) in [5.41, 5.74) is 11.1. The molecule has 118 valence electrons. The standard InChI is InChI=1S/C20H15BrN2O/c21-14-8-5-13(6-9-14)18-16-10-7-12-3-1-2-4-15(12)19(16)24-20(23)17(18)11-22/h1-6,8-9,18H,7,10,23H2. The highest BCUT2D eigenvalue weighted by atomic mass is 79.9. The summed E-state index contributed by atoms with van der Waals surface area (Å²) in [4.78, 5) is 0. The van der Waals surface area contributed by atoms with Crippen LogP contribution in [0.5, 0.6) is 0 Å². The van der Waals surface area contributed by atoms with E-state index in [2.05, 4.69) is 34.1 Å². The van der Waals surface area contributed by atoms with Gasteiger partial charge in [-0.25, -0.2) is 0 Å². The zero-order valence-electron chi connectivity index (χ0n) is 12.9. The van der Waals surface area contributed by atoms with Crippen molar-refractivity contribution in [2.45, 2.75) is 18.8 Å². The third kappa shape index (κ3) is 2.33. The van der Waals surface area contributed by atoms with Gasteiger partial charge in [0, 0.05) is 16.0 Å². The van der Waals surface area contributed by atoms with E-state index in [4.69, 9.17) is 10.5 Å². The first-order valence-corrected chi connectivity index (χ1v) is 8.62. The largest absolute Gasteiger partial charge is 0.440 e. The van der Waals surface area contributed by atoms with E-state index in [1.54, 1.807) is 0 Å². The normalized spacial score (nSPS) is 19.2. The quantitative estimate of drug-likeness (QED) is 0.787. The highest BCUT2D eigenvalue weighted by molar-refractivity contribution is 9.10. The Hall–Kier alpha value is -2.51. The Morgan fingerprint density at radius 2 is 1.83 bits per heavy atom. The van der Waals surface area contributed by atoms with Gasteiger partial charge in [0.25, 0.3) is 0 Å². The highest BCUT2D eigenvalue weighted by Crippen LogP contribution is 2.47. The summed E-state index contributed by atoms with van der Waals surface area (Å²) in [7, 11) is 0. The molecule has 1 heterocycles. The molecule has 24 heavy (non-hydrogen) atoms. The molecule has 0 amide bonds. The van der Waals surface area contributed by atoms with Gasteiger partial charge in [0.05, 0.1) is 0 Å². The molecule has 2 aliphatic rings. The summed E-state index contributed by atoms with van der Waals surface area (Å²) in [6, 6.07) is 18.6. The molecule has 0 bridgehead atoms. The molecule has 0 aromatic heterocycles. The molecule has 3 nitrogen and oxygen atoms in total. The third-order valence-electron chi connectivity index (χ3n) is 4.66. The molecule has 0 saturated heterocycles. The number of hydrogen-bond donors (Lipinski definition) is 1. The van der Waals surface area contributed by atoms with E-state index in [9.17, 15) is 5.26 Å². The topological polar surface area (TPSA) is 59.0 Å². The van der Waals surface area contributed by atoms with Gasteiger partial charge in [-0.3, -0.25) is 0 Å². The predicted octanol–water partition coefficient (Wildman–Crippen LogP) is 4.61. The number of benzene rings is 2. The smallest absolute Gasteiger partial charge is 0.205 e. The van der Waals surface area contributed by atoms with Crippen LogP contribution in [0, 0.1) is 11.3 Å². The maximum absolute atomic E-state index is 9.63. The van der Waals surface area contributed by atoms with Gasteiger partial charge >= 0.3 is 0 Å². The van der Waals surface area contributed by atoms with Crippen LogP contribution in [0.1, 0.15) is 29.0 Å².